The lowest BCUT2D eigenvalue weighted by Crippen LogP contribution is -2.28. The van der Waals surface area contributed by atoms with E-state index in [1.54, 1.807) is 0 Å². The third kappa shape index (κ3) is 40.3. The smallest absolute Gasteiger partial charge is 0.457 e. The number of allylic oxidation sites excluding steroid dienone is 17. The maximum Gasteiger partial charge on any atom is 0.472 e. The first-order valence-corrected chi connectivity index (χ1v) is 21.9. The average Bonchev–Trinajstić information content (AvgIpc) is 3.16. The summed E-state index contributed by atoms with van der Waals surface area (Å²) < 4.78 is 33.2. The number of nitrogens with two attached hydrogens (primary N) is 1. The Labute approximate surface area is 329 Å². The monoisotopic (exact) mass is 772 g/mol. The van der Waals surface area contributed by atoms with Crippen LogP contribution in [0.4, 0.5) is 0 Å². The average molecular weight is 772 g/mol. The fourth-order valence-corrected chi connectivity index (χ4v) is 5.58. The van der Waals surface area contributed by atoms with Gasteiger partial charge in [0.2, 0.25) is 0 Å². The van der Waals surface area contributed by atoms with Gasteiger partial charge in [-0.15, -0.1) is 0 Å². The Bertz CT molecular complexity index is 1180. The maximum absolute atomic E-state index is 12.6. The molecule has 0 spiro atoms. The molecule has 0 aromatic carbocycles. The molecule has 0 amide bonds. The number of carbonyl (C=O) groups excluding carboxylic acids is 1. The number of hydrogen-bond donors (Lipinski definition) is 2. The minimum Gasteiger partial charge on any atom is -0.457 e. The van der Waals surface area contributed by atoms with Crippen molar-refractivity contribution in [3.8, 4) is 0 Å². The molecule has 0 heterocycles. The Hall–Kier alpha value is -2.84. The van der Waals surface area contributed by atoms with Crippen LogP contribution in [-0.2, 0) is 27.9 Å². The summed E-state index contributed by atoms with van der Waals surface area (Å²) in [5.41, 5.74) is 5.35. The molecule has 0 aliphatic rings. The highest BCUT2D eigenvalue weighted by Crippen LogP contribution is 2.43. The van der Waals surface area contributed by atoms with Crippen molar-refractivity contribution in [3.05, 3.63) is 109 Å². The van der Waals surface area contributed by atoms with Crippen LogP contribution in [0.15, 0.2) is 109 Å². The van der Waals surface area contributed by atoms with Crippen LogP contribution in [0.25, 0.3) is 0 Å². The van der Waals surface area contributed by atoms with Crippen molar-refractivity contribution >= 4 is 13.8 Å². The Kier molecular flexibility index (Phi) is 39.2. The lowest BCUT2D eigenvalue weighted by molar-refractivity contribution is -0.154. The molecule has 0 aromatic rings. The highest BCUT2D eigenvalue weighted by molar-refractivity contribution is 7.47. The molecular formula is C45H74NO7P. The van der Waals surface area contributed by atoms with Crippen LogP contribution in [0.2, 0.25) is 0 Å². The molecule has 9 heteroatoms. The number of carbonyl (C=O) groups is 1. The second kappa shape index (κ2) is 41.3. The van der Waals surface area contributed by atoms with Crippen LogP contribution in [0.1, 0.15) is 129 Å². The summed E-state index contributed by atoms with van der Waals surface area (Å²) >= 11 is 0. The molecule has 0 radical (unpaired) electrons. The molecule has 3 N–H and O–H groups in total. The largest absolute Gasteiger partial charge is 0.472 e. The second-order valence-corrected chi connectivity index (χ2v) is 14.2. The van der Waals surface area contributed by atoms with Crippen molar-refractivity contribution in [2.75, 3.05) is 33.0 Å². The SMILES string of the molecule is CC/C=C\C/C=C\C/C=C\C/C=C\C/C=C\CCOCC(COP(=O)(O)OCCN)OC(=O)CCCCCCCC/C=C\C/C=C\C/C=C\C/C=C\CC. The van der Waals surface area contributed by atoms with Crippen LogP contribution in [0, 0.1) is 0 Å². The van der Waals surface area contributed by atoms with Gasteiger partial charge < -0.3 is 20.1 Å². The molecule has 0 aliphatic carbocycles. The summed E-state index contributed by atoms with van der Waals surface area (Å²) in [6.45, 7) is 4.40. The molecule has 0 rings (SSSR count). The number of ether oxygens (including phenoxy) is 2. The highest BCUT2D eigenvalue weighted by Gasteiger charge is 2.25. The van der Waals surface area contributed by atoms with Crippen molar-refractivity contribution in [3.63, 3.8) is 0 Å². The normalized spacial score (nSPS) is 14.7. The molecule has 0 aromatic heterocycles. The lowest BCUT2D eigenvalue weighted by Gasteiger charge is -2.19. The van der Waals surface area contributed by atoms with Gasteiger partial charge >= 0.3 is 13.8 Å². The molecule has 0 aliphatic heterocycles. The van der Waals surface area contributed by atoms with Gasteiger partial charge in [0.25, 0.3) is 0 Å². The highest BCUT2D eigenvalue weighted by atomic mass is 31.2. The second-order valence-electron chi connectivity index (χ2n) is 12.7. The minimum absolute atomic E-state index is 0.0482. The van der Waals surface area contributed by atoms with Crippen LogP contribution in [0.5, 0.6) is 0 Å². The summed E-state index contributed by atoms with van der Waals surface area (Å²) in [5.74, 6) is -0.375. The molecule has 2 atom stereocenters. The van der Waals surface area contributed by atoms with Gasteiger partial charge in [-0.1, -0.05) is 149 Å². The van der Waals surface area contributed by atoms with E-state index in [4.69, 9.17) is 24.3 Å². The lowest BCUT2D eigenvalue weighted by atomic mass is 10.1. The van der Waals surface area contributed by atoms with Crippen molar-refractivity contribution < 1.29 is 32.8 Å². The maximum atomic E-state index is 12.6. The molecule has 0 saturated carbocycles. The fourth-order valence-electron chi connectivity index (χ4n) is 4.81. The molecule has 0 saturated heterocycles. The first-order valence-electron chi connectivity index (χ1n) is 20.4. The Morgan fingerprint density at radius 3 is 1.46 bits per heavy atom. The summed E-state index contributed by atoms with van der Waals surface area (Å²) in [6.07, 6.45) is 55.5. The zero-order valence-electron chi connectivity index (χ0n) is 33.7. The van der Waals surface area contributed by atoms with Gasteiger partial charge in [-0.25, -0.2) is 4.57 Å². The van der Waals surface area contributed by atoms with Gasteiger partial charge in [0.1, 0.15) is 6.10 Å². The van der Waals surface area contributed by atoms with Gasteiger partial charge in [0, 0.05) is 13.0 Å². The number of unbranched alkanes of at least 4 members (excludes halogenated alkanes) is 6. The van der Waals surface area contributed by atoms with E-state index in [0.717, 1.165) is 89.9 Å². The third-order valence-electron chi connectivity index (χ3n) is 7.70. The van der Waals surface area contributed by atoms with E-state index in [-0.39, 0.29) is 38.8 Å². The molecule has 2 unspecified atom stereocenters. The van der Waals surface area contributed by atoms with E-state index in [9.17, 15) is 14.3 Å². The van der Waals surface area contributed by atoms with Crippen LogP contribution >= 0.6 is 7.82 Å². The number of hydrogen-bond acceptors (Lipinski definition) is 7. The first kappa shape index (κ1) is 51.2. The third-order valence-corrected chi connectivity index (χ3v) is 8.69. The van der Waals surface area contributed by atoms with Crippen LogP contribution < -0.4 is 5.73 Å². The Morgan fingerprint density at radius 1 is 0.556 bits per heavy atom. The fraction of sp³-hybridized carbons (Fsp3) is 0.578. The molecule has 0 fully saturated rings. The van der Waals surface area contributed by atoms with Gasteiger partial charge in [-0.2, -0.15) is 0 Å². The molecule has 306 valence electrons. The van der Waals surface area contributed by atoms with Crippen LogP contribution in [-0.4, -0.2) is 49.9 Å². The number of phosphoric acid groups is 1. The molecule has 54 heavy (non-hydrogen) atoms. The summed E-state index contributed by atoms with van der Waals surface area (Å²) in [7, 11) is -4.31. The van der Waals surface area contributed by atoms with E-state index in [1.807, 2.05) is 6.08 Å². The van der Waals surface area contributed by atoms with Gasteiger partial charge in [0.05, 0.1) is 26.4 Å². The molecular weight excluding hydrogens is 697 g/mol. The van der Waals surface area contributed by atoms with E-state index in [2.05, 4.69) is 117 Å². The summed E-state index contributed by atoms with van der Waals surface area (Å²) in [4.78, 5) is 22.4. The Morgan fingerprint density at radius 2 is 0.981 bits per heavy atom. The number of rotatable bonds is 37. The van der Waals surface area contributed by atoms with E-state index < -0.39 is 13.9 Å². The topological polar surface area (TPSA) is 117 Å². The van der Waals surface area contributed by atoms with E-state index in [1.165, 1.54) is 12.8 Å². The van der Waals surface area contributed by atoms with Crippen molar-refractivity contribution in [1.29, 1.82) is 0 Å². The first-order chi connectivity index (χ1) is 26.4. The molecule has 0 bridgehead atoms. The van der Waals surface area contributed by atoms with Gasteiger partial charge in [-0.05, 0) is 83.5 Å². The number of phosphoric ester groups is 1. The zero-order valence-corrected chi connectivity index (χ0v) is 34.5. The summed E-state index contributed by atoms with van der Waals surface area (Å²) in [6, 6.07) is 0. The predicted octanol–water partition coefficient (Wildman–Crippen LogP) is 12.1. The Balaban J connectivity index is 4.23. The standard InChI is InChI=1S/C45H74NO7P/c1-3-5-7-9-11-13-15-17-19-21-22-23-24-26-28-30-32-34-36-38-45(47)53-44(43-52-54(48,49)51-41-39-46)42-50-40-37-35-33-31-29-27-25-20-18-16-14-12-10-8-6-4-2/h5-8,11-14,17-20,22-23,27,29,33,35,44H,3-4,9-10,15-16,21,24-26,28,30-32,34,36-43,46H2,1-2H3,(H,48,49)/b7-5-,8-6-,13-11-,14-12-,19-17-,20-18-,23-22-,29-27-,35-33-. The minimum atomic E-state index is -4.31. The van der Waals surface area contributed by atoms with Gasteiger partial charge in [-0.3, -0.25) is 13.8 Å². The van der Waals surface area contributed by atoms with E-state index in [0.29, 0.717) is 13.0 Å². The van der Waals surface area contributed by atoms with Crippen molar-refractivity contribution in [2.24, 2.45) is 5.73 Å². The molecule has 8 nitrogen and oxygen atoms in total. The van der Waals surface area contributed by atoms with Gasteiger partial charge in [0.15, 0.2) is 0 Å². The number of esters is 1. The quantitative estimate of drug-likeness (QED) is 0.0277. The van der Waals surface area contributed by atoms with Crippen molar-refractivity contribution in [1.82, 2.24) is 0 Å². The van der Waals surface area contributed by atoms with E-state index >= 15 is 0 Å². The predicted molar refractivity (Wildman–Crippen MR) is 228 cm³/mol. The van der Waals surface area contributed by atoms with Crippen LogP contribution in [0.3, 0.4) is 0 Å². The van der Waals surface area contributed by atoms with Crippen molar-refractivity contribution in [2.45, 2.75) is 136 Å². The summed E-state index contributed by atoms with van der Waals surface area (Å²) in [5, 5.41) is 0. The zero-order chi connectivity index (χ0) is 39.5.